The molecule has 0 aliphatic carbocycles. The third-order valence-corrected chi connectivity index (χ3v) is 8.43. The first kappa shape index (κ1) is 25.2. The summed E-state index contributed by atoms with van der Waals surface area (Å²) in [4.78, 5) is 44.8. The van der Waals surface area contributed by atoms with Crippen molar-refractivity contribution < 1.29 is 19.5 Å². The molecule has 2 saturated heterocycles. The normalized spacial score (nSPS) is 21.7. The first-order valence-corrected chi connectivity index (χ1v) is 12.8. The zero-order chi connectivity index (χ0) is 26.5. The van der Waals surface area contributed by atoms with E-state index in [1.165, 1.54) is 34.4 Å². The lowest BCUT2D eigenvalue weighted by molar-refractivity contribution is -0.124. The molecule has 1 aromatic heterocycles. The van der Waals surface area contributed by atoms with Crippen LogP contribution in [0.4, 0.5) is 10.5 Å². The van der Waals surface area contributed by atoms with E-state index in [4.69, 9.17) is 23.2 Å². The molecule has 2 atom stereocenters. The van der Waals surface area contributed by atoms with Gasteiger partial charge in [-0.15, -0.1) is 11.3 Å². The van der Waals surface area contributed by atoms with Gasteiger partial charge in [-0.25, -0.2) is 14.5 Å². The fourth-order valence-electron chi connectivity index (χ4n) is 5.21. The third kappa shape index (κ3) is 4.26. The molecule has 0 bridgehead atoms. The Kier molecular flexibility index (Phi) is 6.46. The zero-order valence-corrected chi connectivity index (χ0v) is 21.8. The average molecular weight is 555 g/mol. The number of imide groups is 1. The number of carbonyl (C=O) groups excluding carboxylic acids is 2. The number of likely N-dealkylation sites (N-methyl/N-ethyl adjacent to an activating group) is 1. The van der Waals surface area contributed by atoms with E-state index in [1.807, 2.05) is 12.1 Å². The molecule has 5 rings (SSSR count). The number of rotatable bonds is 5. The van der Waals surface area contributed by atoms with Crippen LogP contribution in [0, 0.1) is 11.3 Å². The van der Waals surface area contributed by atoms with E-state index in [1.54, 1.807) is 31.3 Å². The van der Waals surface area contributed by atoms with Crippen molar-refractivity contribution in [1.82, 2.24) is 9.80 Å². The maximum Gasteiger partial charge on any atom is 0.345 e. The van der Waals surface area contributed by atoms with Gasteiger partial charge in [-0.3, -0.25) is 9.69 Å². The highest BCUT2D eigenvalue weighted by Gasteiger charge is 2.64. The van der Waals surface area contributed by atoms with Gasteiger partial charge in [0.2, 0.25) is 0 Å². The van der Waals surface area contributed by atoms with Crippen molar-refractivity contribution in [3.8, 4) is 6.07 Å². The lowest BCUT2D eigenvalue weighted by Gasteiger charge is -2.34. The summed E-state index contributed by atoms with van der Waals surface area (Å²) >= 11 is 13.5. The Morgan fingerprint density at radius 2 is 1.81 bits per heavy atom. The van der Waals surface area contributed by atoms with Crippen molar-refractivity contribution >= 4 is 58.1 Å². The van der Waals surface area contributed by atoms with Crippen LogP contribution in [0.5, 0.6) is 0 Å². The van der Waals surface area contributed by atoms with Crippen molar-refractivity contribution in [2.75, 3.05) is 25.0 Å². The summed E-state index contributed by atoms with van der Waals surface area (Å²) < 4.78 is 0. The maximum atomic E-state index is 14.2. The third-order valence-electron chi connectivity index (χ3n) is 6.93. The highest BCUT2D eigenvalue weighted by Crippen LogP contribution is 2.47. The number of carboxylic acid groups (broad SMARTS) is 1. The average Bonchev–Trinajstić information content (AvgIpc) is 3.53. The number of thiophene rings is 1. The van der Waals surface area contributed by atoms with E-state index in [-0.39, 0.29) is 17.1 Å². The number of carboxylic acids is 1. The SMILES string of the molecule is CN1C(=O)N(c2cc(Cl)cc(Cl)c2)C(=O)C12CN(Cc1ccc(C(=O)O)s1)CC2c1ccc(C#N)cc1. The number of nitriles is 1. The first-order valence-electron chi connectivity index (χ1n) is 11.3. The molecule has 1 spiro atoms. The summed E-state index contributed by atoms with van der Waals surface area (Å²) in [7, 11) is 1.61. The Morgan fingerprint density at radius 1 is 1.14 bits per heavy atom. The highest BCUT2D eigenvalue weighted by atomic mass is 35.5. The minimum atomic E-state index is -1.23. The second kappa shape index (κ2) is 9.47. The Balaban J connectivity index is 1.56. The van der Waals surface area contributed by atoms with E-state index in [9.17, 15) is 24.8 Å². The predicted molar refractivity (Wildman–Crippen MR) is 140 cm³/mol. The molecule has 37 heavy (non-hydrogen) atoms. The minimum Gasteiger partial charge on any atom is -0.477 e. The molecule has 0 saturated carbocycles. The standard InChI is InChI=1S/C26H20Cl2N4O4S/c1-30-25(36)32(19-9-17(27)8-18(28)10-19)24(35)26(30)14-31(12-20-6-7-22(37-20)23(33)34)13-21(26)16-4-2-15(11-29)3-5-16/h2-10,21H,12-14H2,1H3,(H,33,34). The number of halogens is 2. The molecule has 3 aromatic rings. The Hall–Kier alpha value is -3.42. The van der Waals surface area contributed by atoms with Crippen LogP contribution >= 0.6 is 34.5 Å². The number of aromatic carboxylic acids is 1. The molecule has 3 heterocycles. The van der Waals surface area contributed by atoms with Gasteiger partial charge < -0.3 is 10.0 Å². The summed E-state index contributed by atoms with van der Waals surface area (Å²) in [6, 6.07) is 16.5. The van der Waals surface area contributed by atoms with Crippen LogP contribution in [0.2, 0.25) is 10.0 Å². The summed E-state index contributed by atoms with van der Waals surface area (Å²) in [5.41, 5.74) is 0.368. The van der Waals surface area contributed by atoms with Gasteiger partial charge in [0.15, 0.2) is 0 Å². The Bertz CT molecular complexity index is 1450. The molecule has 188 valence electrons. The van der Waals surface area contributed by atoms with Crippen molar-refractivity contribution in [1.29, 1.82) is 5.26 Å². The van der Waals surface area contributed by atoms with Crippen molar-refractivity contribution in [2.45, 2.75) is 18.0 Å². The molecule has 0 radical (unpaired) electrons. The molecule has 2 aliphatic rings. The van der Waals surface area contributed by atoms with Gasteiger partial charge in [-0.05, 0) is 48.0 Å². The molecule has 2 fully saturated rings. The van der Waals surface area contributed by atoms with Gasteiger partial charge in [0.25, 0.3) is 5.91 Å². The van der Waals surface area contributed by atoms with Gasteiger partial charge >= 0.3 is 12.0 Å². The molecule has 2 aliphatic heterocycles. The van der Waals surface area contributed by atoms with E-state index >= 15 is 0 Å². The fourth-order valence-corrected chi connectivity index (χ4v) is 6.62. The van der Waals surface area contributed by atoms with Crippen molar-refractivity contribution in [2.24, 2.45) is 0 Å². The number of hydrogen-bond donors (Lipinski definition) is 1. The maximum absolute atomic E-state index is 14.2. The lowest BCUT2D eigenvalue weighted by atomic mass is 9.80. The van der Waals surface area contributed by atoms with Gasteiger partial charge in [-0.2, -0.15) is 5.26 Å². The zero-order valence-electron chi connectivity index (χ0n) is 19.5. The Labute approximate surface area is 226 Å². The summed E-state index contributed by atoms with van der Waals surface area (Å²) in [5, 5.41) is 19.1. The number of hydrogen-bond acceptors (Lipinski definition) is 6. The van der Waals surface area contributed by atoms with Crippen molar-refractivity contribution in [3.05, 3.63) is 85.5 Å². The van der Waals surface area contributed by atoms with E-state index < -0.39 is 29.4 Å². The molecule has 8 nitrogen and oxygen atoms in total. The number of amides is 3. The number of urea groups is 1. The monoisotopic (exact) mass is 554 g/mol. The number of benzene rings is 2. The van der Waals surface area contributed by atoms with Gasteiger partial charge in [0.05, 0.1) is 17.3 Å². The molecule has 3 amide bonds. The molecular formula is C26H20Cl2N4O4S. The topological polar surface area (TPSA) is 105 Å². The van der Waals surface area contributed by atoms with E-state index in [0.29, 0.717) is 28.7 Å². The molecule has 2 aromatic carbocycles. The smallest absolute Gasteiger partial charge is 0.345 e. The largest absolute Gasteiger partial charge is 0.477 e. The van der Waals surface area contributed by atoms with Gasteiger partial charge in [0, 0.05) is 47.5 Å². The summed E-state index contributed by atoms with van der Waals surface area (Å²) in [6.45, 7) is 1.11. The van der Waals surface area contributed by atoms with Gasteiger partial charge in [-0.1, -0.05) is 35.3 Å². The quantitative estimate of drug-likeness (QED) is 0.442. The Morgan fingerprint density at radius 3 is 2.41 bits per heavy atom. The highest BCUT2D eigenvalue weighted by molar-refractivity contribution is 7.13. The van der Waals surface area contributed by atoms with Gasteiger partial charge in [0.1, 0.15) is 10.4 Å². The summed E-state index contributed by atoms with van der Waals surface area (Å²) in [6.07, 6.45) is 0. The molecular weight excluding hydrogens is 535 g/mol. The fraction of sp³-hybridized carbons (Fsp3) is 0.231. The predicted octanol–water partition coefficient (Wildman–Crippen LogP) is 5.06. The minimum absolute atomic E-state index is 0.237. The van der Waals surface area contributed by atoms with Crippen LogP contribution in [0.25, 0.3) is 0 Å². The molecule has 1 N–H and O–H groups in total. The van der Waals surface area contributed by atoms with E-state index in [0.717, 1.165) is 15.3 Å². The van der Waals surface area contributed by atoms with Crippen LogP contribution in [-0.4, -0.2) is 58.5 Å². The second-order valence-corrected chi connectivity index (χ2v) is 11.1. The number of likely N-dealkylation sites (tertiary alicyclic amines) is 1. The van der Waals surface area contributed by atoms with E-state index in [2.05, 4.69) is 11.0 Å². The second-order valence-electron chi connectivity index (χ2n) is 9.06. The van der Waals surface area contributed by atoms with Crippen LogP contribution in [0.15, 0.2) is 54.6 Å². The van der Waals surface area contributed by atoms with Crippen LogP contribution in [-0.2, 0) is 11.3 Å². The van der Waals surface area contributed by atoms with Crippen LogP contribution in [0.1, 0.15) is 31.6 Å². The lowest BCUT2D eigenvalue weighted by Crippen LogP contribution is -2.53. The van der Waals surface area contributed by atoms with Crippen LogP contribution in [0.3, 0.4) is 0 Å². The number of nitrogens with zero attached hydrogens (tertiary/aromatic N) is 4. The first-order chi connectivity index (χ1) is 17.6. The number of carbonyl (C=O) groups is 3. The number of anilines is 1. The summed E-state index contributed by atoms with van der Waals surface area (Å²) in [5.74, 6) is -1.79. The molecule has 11 heteroatoms. The molecule has 2 unspecified atom stereocenters. The van der Waals surface area contributed by atoms with Crippen molar-refractivity contribution in [3.63, 3.8) is 0 Å². The van der Waals surface area contributed by atoms with Crippen LogP contribution < -0.4 is 4.90 Å².